The summed E-state index contributed by atoms with van der Waals surface area (Å²) < 4.78 is 13.5. The molecule has 3 heteroatoms. The fraction of sp³-hybridized carbons (Fsp3) is 0.200. The summed E-state index contributed by atoms with van der Waals surface area (Å²) in [6, 6.07) is 15.1. The molecule has 0 aliphatic carbocycles. The molecule has 0 saturated carbocycles. The number of benzene rings is 2. The van der Waals surface area contributed by atoms with Crippen molar-refractivity contribution in [2.24, 2.45) is 0 Å². The fourth-order valence-corrected chi connectivity index (χ4v) is 2.40. The number of rotatable bonds is 1. The van der Waals surface area contributed by atoms with E-state index in [2.05, 4.69) is 21.9 Å². The Hall–Kier alpha value is -2.03. The third-order valence-corrected chi connectivity index (χ3v) is 3.37. The van der Waals surface area contributed by atoms with Gasteiger partial charge >= 0.3 is 0 Å². The Bertz CT molecular complexity index is 554. The van der Waals surface area contributed by atoms with Gasteiger partial charge in [0.05, 0.1) is 11.4 Å². The first-order chi connectivity index (χ1) is 8.75. The second-order valence-corrected chi connectivity index (χ2v) is 4.54. The highest BCUT2D eigenvalue weighted by molar-refractivity contribution is 5.79. The molecule has 18 heavy (non-hydrogen) atoms. The molecule has 0 radical (unpaired) electrons. The van der Waals surface area contributed by atoms with Crippen LogP contribution < -0.4 is 9.80 Å². The Morgan fingerprint density at radius 1 is 0.944 bits per heavy atom. The molecule has 0 aromatic heterocycles. The van der Waals surface area contributed by atoms with Crippen molar-refractivity contribution in [2.45, 2.75) is 0 Å². The van der Waals surface area contributed by atoms with Crippen LogP contribution >= 0.6 is 0 Å². The summed E-state index contributed by atoms with van der Waals surface area (Å²) in [5.41, 5.74) is 3.12. The van der Waals surface area contributed by atoms with Crippen LogP contribution in [0.2, 0.25) is 0 Å². The van der Waals surface area contributed by atoms with E-state index in [1.54, 1.807) is 6.07 Å². The van der Waals surface area contributed by atoms with Gasteiger partial charge in [0.2, 0.25) is 0 Å². The Labute approximate surface area is 106 Å². The van der Waals surface area contributed by atoms with Crippen molar-refractivity contribution < 1.29 is 4.39 Å². The van der Waals surface area contributed by atoms with Crippen LogP contribution in [-0.4, -0.2) is 20.1 Å². The molecule has 92 valence electrons. The molecule has 0 fully saturated rings. The van der Waals surface area contributed by atoms with Gasteiger partial charge in [-0.25, -0.2) is 4.39 Å². The second kappa shape index (κ2) is 4.33. The summed E-state index contributed by atoms with van der Waals surface area (Å²) in [6.07, 6.45) is 0. The molecule has 1 aliphatic rings. The van der Waals surface area contributed by atoms with E-state index in [1.165, 1.54) is 6.07 Å². The normalized spacial score (nSPS) is 14.6. The fourth-order valence-electron chi connectivity index (χ4n) is 2.40. The van der Waals surface area contributed by atoms with Crippen molar-refractivity contribution in [3.05, 3.63) is 54.3 Å². The number of anilines is 3. The van der Waals surface area contributed by atoms with Crippen LogP contribution in [0.15, 0.2) is 48.5 Å². The van der Waals surface area contributed by atoms with Gasteiger partial charge in [0.15, 0.2) is 0 Å². The summed E-state index contributed by atoms with van der Waals surface area (Å²) in [4.78, 5) is 4.33. The highest BCUT2D eigenvalue weighted by Crippen LogP contribution is 2.37. The number of fused-ring (bicyclic) bond motifs is 1. The van der Waals surface area contributed by atoms with Gasteiger partial charge in [0.25, 0.3) is 0 Å². The molecule has 0 spiro atoms. The van der Waals surface area contributed by atoms with Crippen LogP contribution in [0.5, 0.6) is 0 Å². The summed E-state index contributed by atoms with van der Waals surface area (Å²) in [6.45, 7) is 1.81. The van der Waals surface area contributed by atoms with Gasteiger partial charge in [0, 0.05) is 25.8 Å². The molecule has 2 aromatic carbocycles. The molecule has 0 N–H and O–H groups in total. The van der Waals surface area contributed by atoms with Crippen molar-refractivity contribution in [1.82, 2.24) is 0 Å². The van der Waals surface area contributed by atoms with E-state index in [-0.39, 0.29) is 5.82 Å². The van der Waals surface area contributed by atoms with Crippen molar-refractivity contribution in [2.75, 3.05) is 29.9 Å². The lowest BCUT2D eigenvalue weighted by molar-refractivity contribution is 0.626. The Kier molecular flexibility index (Phi) is 2.67. The Balaban J connectivity index is 2.10. The average Bonchev–Trinajstić information content (AvgIpc) is 2.40. The average molecular weight is 242 g/mol. The predicted molar refractivity (Wildman–Crippen MR) is 73.1 cm³/mol. The maximum atomic E-state index is 13.5. The number of likely N-dealkylation sites (N-methyl/N-ethyl adjacent to an activating group) is 1. The van der Waals surface area contributed by atoms with Crippen LogP contribution in [0.4, 0.5) is 21.5 Å². The molecule has 2 nitrogen and oxygen atoms in total. The van der Waals surface area contributed by atoms with Crippen molar-refractivity contribution in [1.29, 1.82) is 0 Å². The summed E-state index contributed by atoms with van der Waals surface area (Å²) in [5, 5.41) is 0. The minimum Gasteiger partial charge on any atom is -0.371 e. The van der Waals surface area contributed by atoms with Gasteiger partial charge < -0.3 is 9.80 Å². The zero-order valence-corrected chi connectivity index (χ0v) is 10.3. The van der Waals surface area contributed by atoms with Crippen LogP contribution in [0.3, 0.4) is 0 Å². The number of para-hydroxylation sites is 1. The predicted octanol–water partition coefficient (Wildman–Crippen LogP) is 3.41. The zero-order valence-electron chi connectivity index (χ0n) is 10.3. The van der Waals surface area contributed by atoms with Crippen molar-refractivity contribution in [3.8, 4) is 0 Å². The molecular weight excluding hydrogens is 227 g/mol. The van der Waals surface area contributed by atoms with Gasteiger partial charge in [-0.1, -0.05) is 18.2 Å². The summed E-state index contributed by atoms with van der Waals surface area (Å²) >= 11 is 0. The van der Waals surface area contributed by atoms with Crippen LogP contribution in [0, 0.1) is 5.82 Å². The molecule has 0 atom stereocenters. The highest BCUT2D eigenvalue weighted by Gasteiger charge is 2.21. The molecule has 3 rings (SSSR count). The first-order valence-electron chi connectivity index (χ1n) is 6.09. The lowest BCUT2D eigenvalue weighted by atomic mass is 10.1. The van der Waals surface area contributed by atoms with Gasteiger partial charge in [-0.2, -0.15) is 0 Å². The number of hydrogen-bond donors (Lipinski definition) is 0. The van der Waals surface area contributed by atoms with E-state index >= 15 is 0 Å². The largest absolute Gasteiger partial charge is 0.371 e. The number of halogens is 1. The third-order valence-electron chi connectivity index (χ3n) is 3.37. The number of hydrogen-bond acceptors (Lipinski definition) is 2. The smallest absolute Gasteiger partial charge is 0.125 e. The Morgan fingerprint density at radius 3 is 2.50 bits per heavy atom. The SMILES string of the molecule is CN1CCN(c2ccccc2)c2cc(F)ccc21. The van der Waals surface area contributed by atoms with Gasteiger partial charge in [0.1, 0.15) is 5.82 Å². The second-order valence-electron chi connectivity index (χ2n) is 4.54. The molecular formula is C15H15FN2. The first-order valence-corrected chi connectivity index (χ1v) is 6.09. The highest BCUT2D eigenvalue weighted by atomic mass is 19.1. The molecule has 0 amide bonds. The molecule has 1 aliphatic heterocycles. The number of nitrogens with zero attached hydrogens (tertiary/aromatic N) is 2. The van der Waals surface area contributed by atoms with Crippen LogP contribution in [0.1, 0.15) is 0 Å². The molecule has 0 bridgehead atoms. The van der Waals surface area contributed by atoms with E-state index < -0.39 is 0 Å². The molecule has 0 saturated heterocycles. The molecule has 0 unspecified atom stereocenters. The van der Waals surface area contributed by atoms with E-state index in [0.29, 0.717) is 0 Å². The van der Waals surface area contributed by atoms with Gasteiger partial charge in [-0.05, 0) is 30.3 Å². The quantitative estimate of drug-likeness (QED) is 0.756. The van der Waals surface area contributed by atoms with Gasteiger partial charge in [-0.15, -0.1) is 0 Å². The van der Waals surface area contributed by atoms with E-state index in [4.69, 9.17) is 0 Å². The summed E-state index contributed by atoms with van der Waals surface area (Å²) in [5.74, 6) is -0.190. The standard InChI is InChI=1S/C15H15FN2/c1-17-9-10-18(13-5-3-2-4-6-13)15-11-12(16)7-8-14(15)17/h2-8,11H,9-10H2,1H3. The maximum Gasteiger partial charge on any atom is 0.125 e. The topological polar surface area (TPSA) is 6.48 Å². The van der Waals surface area contributed by atoms with E-state index in [9.17, 15) is 4.39 Å². The summed E-state index contributed by atoms with van der Waals surface area (Å²) in [7, 11) is 2.04. The third kappa shape index (κ3) is 1.82. The van der Waals surface area contributed by atoms with Crippen molar-refractivity contribution in [3.63, 3.8) is 0 Å². The van der Waals surface area contributed by atoms with E-state index in [0.717, 1.165) is 30.2 Å². The lowest BCUT2D eigenvalue weighted by Crippen LogP contribution is -2.36. The minimum absolute atomic E-state index is 0.190. The van der Waals surface area contributed by atoms with Crippen LogP contribution in [0.25, 0.3) is 0 Å². The van der Waals surface area contributed by atoms with E-state index in [1.807, 2.05) is 31.3 Å². The monoisotopic (exact) mass is 242 g/mol. The van der Waals surface area contributed by atoms with Gasteiger partial charge in [-0.3, -0.25) is 0 Å². The first kappa shape index (κ1) is 11.1. The minimum atomic E-state index is -0.190. The molecule has 2 aromatic rings. The maximum absolute atomic E-state index is 13.5. The van der Waals surface area contributed by atoms with Crippen LogP contribution in [-0.2, 0) is 0 Å². The van der Waals surface area contributed by atoms with Crippen molar-refractivity contribution >= 4 is 17.1 Å². The molecule has 1 heterocycles. The zero-order chi connectivity index (χ0) is 12.5. The lowest BCUT2D eigenvalue weighted by Gasteiger charge is -2.37. The Morgan fingerprint density at radius 2 is 1.72 bits per heavy atom.